The summed E-state index contributed by atoms with van der Waals surface area (Å²) in [7, 11) is -5.31. The summed E-state index contributed by atoms with van der Waals surface area (Å²) in [4.78, 5) is 20.5. The van der Waals surface area contributed by atoms with Gasteiger partial charge < -0.3 is 22.9 Å². The highest BCUT2D eigenvalue weighted by molar-refractivity contribution is 7.47. The minimum absolute atomic E-state index is 0.791. The Balaban J connectivity index is 4.44. The molecule has 0 unspecified atom stereocenters. The van der Waals surface area contributed by atoms with Crippen molar-refractivity contribution in [1.29, 1.82) is 0 Å². The number of hydrogen-bond donors (Lipinski definition) is 6. The largest absolute Gasteiger partial charge is 0.670 e. The average Bonchev–Trinajstić information content (AvgIpc) is 2.22. The van der Waals surface area contributed by atoms with Crippen molar-refractivity contribution in [1.82, 2.24) is 10.6 Å². The van der Waals surface area contributed by atoms with Crippen LogP contribution in [0, 0.1) is 0 Å². The van der Waals surface area contributed by atoms with Crippen LogP contribution < -0.4 is 33.6 Å². The summed E-state index contributed by atoms with van der Waals surface area (Å²) in [6, 6.07) is -2.24. The Morgan fingerprint density at radius 2 is 1.26 bits per heavy atom. The van der Waals surface area contributed by atoms with Crippen molar-refractivity contribution in [2.45, 2.75) is 0 Å². The molecule has 0 saturated carbocycles. The number of halogens is 1. The molecule has 0 rings (SSSR count). The molecule has 4 amide bonds. The van der Waals surface area contributed by atoms with E-state index < -0.39 is 31.9 Å². The number of hydrogen-bond acceptors (Lipinski definition) is 7. The molecule has 0 aliphatic rings. The summed E-state index contributed by atoms with van der Waals surface area (Å²) >= 11 is 0. The zero-order valence-corrected chi connectivity index (χ0v) is 9.96. The molecule has 15 heteroatoms. The molecule has 0 aromatic rings. The van der Waals surface area contributed by atoms with Gasteiger partial charge in [0.2, 0.25) is 11.9 Å². The first-order valence-electron chi connectivity index (χ1n) is 4.09. The van der Waals surface area contributed by atoms with Crippen LogP contribution >= 0.6 is 7.91 Å². The van der Waals surface area contributed by atoms with E-state index in [1.165, 1.54) is 0 Å². The fraction of sp³-hybridized carbons (Fsp3) is 0. The molecular formula is C4H10FN8O5P. The van der Waals surface area contributed by atoms with Crippen LogP contribution in [0.5, 0.6) is 0 Å². The third-order valence-electron chi connectivity index (χ3n) is 0.976. The van der Waals surface area contributed by atoms with Gasteiger partial charge >= 0.3 is 20.0 Å². The fourth-order valence-electron chi connectivity index (χ4n) is 0.498. The number of nitrogens with one attached hydrogen (secondary N) is 2. The van der Waals surface area contributed by atoms with Crippen molar-refractivity contribution in [3.63, 3.8) is 0 Å². The van der Waals surface area contributed by atoms with Gasteiger partial charge in [0.1, 0.15) is 0 Å². The van der Waals surface area contributed by atoms with Gasteiger partial charge in [-0.3, -0.25) is 19.9 Å². The van der Waals surface area contributed by atoms with E-state index in [1.807, 2.05) is 0 Å². The molecule has 0 heterocycles. The second-order valence-corrected chi connectivity index (χ2v) is 3.71. The summed E-state index contributed by atoms with van der Waals surface area (Å²) in [5, 5.41) is 8.69. The van der Waals surface area contributed by atoms with Crippen molar-refractivity contribution >= 4 is 31.9 Å². The van der Waals surface area contributed by atoms with Crippen LogP contribution in [0.25, 0.3) is 0 Å². The van der Waals surface area contributed by atoms with Crippen molar-refractivity contribution in [3.05, 3.63) is 0 Å². The Morgan fingerprint density at radius 3 is 1.53 bits per heavy atom. The fourth-order valence-corrected chi connectivity index (χ4v) is 0.899. The highest BCUT2D eigenvalue weighted by Crippen LogP contribution is 2.50. The highest BCUT2D eigenvalue weighted by Gasteiger charge is 2.29. The molecule has 0 bridgehead atoms. The van der Waals surface area contributed by atoms with Crippen LogP contribution in [-0.4, -0.2) is 24.0 Å². The predicted octanol–water partition coefficient (Wildman–Crippen LogP) is -2.11. The number of oxime groups is 2. The minimum atomic E-state index is -5.31. The minimum Gasteiger partial charge on any atom is -0.367 e. The van der Waals surface area contributed by atoms with Gasteiger partial charge in [-0.15, -0.1) is 4.20 Å². The molecule has 0 aliphatic carbocycles. The third-order valence-corrected chi connectivity index (χ3v) is 1.53. The van der Waals surface area contributed by atoms with Crippen LogP contribution in [0.15, 0.2) is 10.3 Å². The van der Waals surface area contributed by atoms with Crippen LogP contribution in [-0.2, 0) is 13.8 Å². The Kier molecular flexibility index (Phi) is 5.86. The van der Waals surface area contributed by atoms with Gasteiger partial charge in [-0.25, -0.2) is 9.59 Å². The molecule has 0 aromatic heterocycles. The Hall–Kier alpha value is -2.76. The van der Waals surface area contributed by atoms with E-state index in [4.69, 9.17) is 11.5 Å². The number of carbonyl (C=O) groups is 2. The van der Waals surface area contributed by atoms with E-state index in [0.29, 0.717) is 0 Å². The topological polar surface area (TPSA) is 223 Å². The summed E-state index contributed by atoms with van der Waals surface area (Å²) in [6.07, 6.45) is 0. The monoisotopic (exact) mass is 300 g/mol. The van der Waals surface area contributed by atoms with Gasteiger partial charge in [0.15, 0.2) is 0 Å². The van der Waals surface area contributed by atoms with Crippen LogP contribution in [0.3, 0.4) is 0 Å². The lowest BCUT2D eigenvalue weighted by Crippen LogP contribution is -2.40. The maximum absolute atomic E-state index is 13.0. The Labute approximate surface area is 104 Å². The lowest BCUT2D eigenvalue weighted by atomic mass is 10.9. The number of nitrogens with two attached hydrogens (primary N) is 4. The molecule has 0 radical (unpaired) electrons. The predicted molar refractivity (Wildman–Crippen MR) is 59.6 cm³/mol. The van der Waals surface area contributed by atoms with Crippen LogP contribution in [0.1, 0.15) is 0 Å². The van der Waals surface area contributed by atoms with E-state index in [-0.39, 0.29) is 0 Å². The number of primary amides is 2. The normalized spacial score (nSPS) is 15.0. The smallest absolute Gasteiger partial charge is 0.367 e. The Morgan fingerprint density at radius 1 is 0.947 bits per heavy atom. The highest BCUT2D eigenvalue weighted by atomic mass is 31.2. The molecule has 0 atom stereocenters. The first kappa shape index (κ1) is 16.2. The second kappa shape index (κ2) is 6.85. The maximum Gasteiger partial charge on any atom is 0.670 e. The second-order valence-electron chi connectivity index (χ2n) is 2.53. The zero-order chi connectivity index (χ0) is 15.1. The SMILES string of the molecule is NC(=O)NC(N)=NOP(=O)(F)ON=C(N)NC(N)=O. The number of carbonyl (C=O) groups excluding carboxylic acids is 2. The maximum atomic E-state index is 13.0. The van der Waals surface area contributed by atoms with Crippen LogP contribution in [0.2, 0.25) is 0 Å². The van der Waals surface area contributed by atoms with E-state index >= 15 is 0 Å². The molecule has 0 aromatic carbocycles. The number of guanidine groups is 2. The lowest BCUT2D eigenvalue weighted by Gasteiger charge is -2.04. The van der Waals surface area contributed by atoms with Gasteiger partial charge in [-0.05, 0) is 10.3 Å². The molecule has 19 heavy (non-hydrogen) atoms. The van der Waals surface area contributed by atoms with E-state index in [2.05, 4.69) is 31.0 Å². The summed E-state index contributed by atoms with van der Waals surface area (Å²) in [5.41, 5.74) is 19.1. The molecule has 0 saturated heterocycles. The van der Waals surface area contributed by atoms with Crippen molar-refractivity contribution in [2.75, 3.05) is 0 Å². The third kappa shape index (κ3) is 8.99. The summed E-state index contributed by atoms with van der Waals surface area (Å²) in [6.45, 7) is 0. The quantitative estimate of drug-likeness (QED) is 0.146. The van der Waals surface area contributed by atoms with Gasteiger partial charge in [0.05, 0.1) is 0 Å². The summed E-state index contributed by atoms with van der Waals surface area (Å²) in [5.74, 6) is -1.58. The average molecular weight is 300 g/mol. The molecule has 108 valence electrons. The molecule has 13 nitrogen and oxygen atoms in total. The lowest BCUT2D eigenvalue weighted by molar-refractivity contribution is 0.183. The van der Waals surface area contributed by atoms with Crippen molar-refractivity contribution in [2.24, 2.45) is 33.2 Å². The first-order valence-corrected chi connectivity index (χ1v) is 5.53. The first-order chi connectivity index (χ1) is 8.62. The van der Waals surface area contributed by atoms with E-state index in [9.17, 15) is 18.4 Å². The molecule has 0 fully saturated rings. The van der Waals surface area contributed by atoms with Crippen molar-refractivity contribution in [3.8, 4) is 0 Å². The van der Waals surface area contributed by atoms with Gasteiger partial charge in [0, 0.05) is 0 Å². The molecule has 0 spiro atoms. The van der Waals surface area contributed by atoms with Gasteiger partial charge in [-0.2, -0.15) is 4.57 Å². The number of nitrogens with zero attached hydrogens (tertiary/aromatic N) is 2. The standard InChI is InChI=1S/C4H10FN8O5P/c5-19(16,17-12-1(6)10-3(8)14)18-13-2(7)11-4(9)15/h(H5,6,8,10,12,14)(H5,7,9,11,13,15). The molecule has 0 aliphatic heterocycles. The van der Waals surface area contributed by atoms with Crippen LogP contribution in [0.4, 0.5) is 13.8 Å². The summed E-state index contributed by atoms with van der Waals surface area (Å²) < 4.78 is 31.3. The van der Waals surface area contributed by atoms with Crippen molar-refractivity contribution < 1.29 is 27.6 Å². The van der Waals surface area contributed by atoms with E-state index in [0.717, 1.165) is 0 Å². The zero-order valence-electron chi connectivity index (χ0n) is 9.07. The van der Waals surface area contributed by atoms with E-state index in [1.54, 1.807) is 10.6 Å². The van der Waals surface area contributed by atoms with Gasteiger partial charge in [0.25, 0.3) is 0 Å². The number of urea groups is 2. The Bertz CT molecular complexity index is 426. The molecular weight excluding hydrogens is 290 g/mol. The number of rotatable bonds is 4. The molecule has 10 N–H and O–H groups in total. The van der Waals surface area contributed by atoms with Gasteiger partial charge in [-0.1, -0.05) is 0 Å². The number of amides is 4.